The third-order valence-electron chi connectivity index (χ3n) is 4.23. The smallest absolute Gasteiger partial charge is 0.328 e. The van der Waals surface area contributed by atoms with Gasteiger partial charge in [-0.3, -0.25) is 4.90 Å². The van der Waals surface area contributed by atoms with Crippen LogP contribution in [0.5, 0.6) is 0 Å². The molecule has 1 aromatic carbocycles. The lowest BCUT2D eigenvalue weighted by atomic mass is 9.89. The van der Waals surface area contributed by atoms with Crippen molar-refractivity contribution in [2.75, 3.05) is 26.2 Å². The molecule has 0 aromatic heterocycles. The Bertz CT molecular complexity index is 469. The molecule has 4 nitrogen and oxygen atoms in total. The summed E-state index contributed by atoms with van der Waals surface area (Å²) in [6.07, 6.45) is 1.56. The standard InChI is InChI=1S/C14H18N2O2/c17-13(18)14(16-9-7-15-8-10-16)6-5-11-3-1-2-4-12(11)14/h1-4,15H,5-10H2,(H,17,18)/t14-/m0/s1. The number of carboxylic acids is 1. The summed E-state index contributed by atoms with van der Waals surface area (Å²) in [5.74, 6) is -0.700. The van der Waals surface area contributed by atoms with Gasteiger partial charge in [-0.1, -0.05) is 24.3 Å². The Labute approximate surface area is 107 Å². The lowest BCUT2D eigenvalue weighted by Crippen LogP contribution is -2.57. The normalized spacial score (nSPS) is 28.0. The van der Waals surface area contributed by atoms with Crippen LogP contribution in [0.15, 0.2) is 24.3 Å². The summed E-state index contributed by atoms with van der Waals surface area (Å²) in [6, 6.07) is 7.99. The highest BCUT2D eigenvalue weighted by Crippen LogP contribution is 2.42. The van der Waals surface area contributed by atoms with Gasteiger partial charge >= 0.3 is 5.97 Å². The summed E-state index contributed by atoms with van der Waals surface area (Å²) in [5, 5.41) is 13.1. The number of hydrogen-bond donors (Lipinski definition) is 2. The molecule has 4 heteroatoms. The molecule has 1 aliphatic carbocycles. The van der Waals surface area contributed by atoms with Crippen LogP contribution >= 0.6 is 0 Å². The zero-order chi connectivity index (χ0) is 12.6. The van der Waals surface area contributed by atoms with Crippen LogP contribution in [-0.2, 0) is 16.8 Å². The number of benzene rings is 1. The fourth-order valence-electron chi connectivity index (χ4n) is 3.32. The van der Waals surface area contributed by atoms with Crippen LogP contribution in [0.2, 0.25) is 0 Å². The summed E-state index contributed by atoms with van der Waals surface area (Å²) in [6.45, 7) is 3.36. The molecule has 3 rings (SSSR count). The Morgan fingerprint density at radius 3 is 2.72 bits per heavy atom. The van der Waals surface area contributed by atoms with E-state index in [1.165, 1.54) is 5.56 Å². The van der Waals surface area contributed by atoms with E-state index < -0.39 is 11.5 Å². The van der Waals surface area contributed by atoms with Gasteiger partial charge < -0.3 is 10.4 Å². The van der Waals surface area contributed by atoms with E-state index in [-0.39, 0.29) is 0 Å². The molecule has 1 heterocycles. The fraction of sp³-hybridized carbons (Fsp3) is 0.500. The van der Waals surface area contributed by atoms with E-state index in [1.807, 2.05) is 18.2 Å². The maximum atomic E-state index is 11.9. The molecule has 0 bridgehead atoms. The Morgan fingerprint density at radius 2 is 2.00 bits per heavy atom. The Morgan fingerprint density at radius 1 is 1.28 bits per heavy atom. The Hall–Kier alpha value is -1.39. The molecule has 0 radical (unpaired) electrons. The molecule has 2 aliphatic rings. The summed E-state index contributed by atoms with van der Waals surface area (Å²) in [5.41, 5.74) is 1.40. The SMILES string of the molecule is O=C(O)[C@]1(N2CCNCC2)CCc2ccccc21. The first kappa shape index (κ1) is 11.7. The second-order valence-corrected chi connectivity index (χ2v) is 5.06. The Kier molecular flexibility index (Phi) is 2.84. The van der Waals surface area contributed by atoms with Crippen molar-refractivity contribution in [1.29, 1.82) is 0 Å². The van der Waals surface area contributed by atoms with Gasteiger partial charge in [-0.05, 0) is 24.0 Å². The van der Waals surface area contributed by atoms with E-state index in [0.717, 1.165) is 38.2 Å². The van der Waals surface area contributed by atoms with Crippen LogP contribution < -0.4 is 5.32 Å². The quantitative estimate of drug-likeness (QED) is 0.811. The largest absolute Gasteiger partial charge is 0.480 e. The first-order valence-electron chi connectivity index (χ1n) is 6.53. The Balaban J connectivity index is 2.06. The topological polar surface area (TPSA) is 52.6 Å². The van der Waals surface area contributed by atoms with Gasteiger partial charge in [-0.25, -0.2) is 4.79 Å². The average molecular weight is 246 g/mol. The van der Waals surface area contributed by atoms with Gasteiger partial charge in [-0.15, -0.1) is 0 Å². The average Bonchev–Trinajstić information content (AvgIpc) is 2.80. The lowest BCUT2D eigenvalue weighted by molar-refractivity contribution is -0.153. The number of carbonyl (C=O) groups is 1. The molecule has 1 saturated heterocycles. The number of fused-ring (bicyclic) bond motifs is 1. The highest BCUT2D eigenvalue weighted by atomic mass is 16.4. The van der Waals surface area contributed by atoms with Crippen molar-refractivity contribution in [1.82, 2.24) is 10.2 Å². The third kappa shape index (κ3) is 1.56. The minimum atomic E-state index is -0.793. The fourth-order valence-corrected chi connectivity index (χ4v) is 3.32. The van der Waals surface area contributed by atoms with Gasteiger partial charge in [-0.2, -0.15) is 0 Å². The molecule has 1 fully saturated rings. The molecule has 0 saturated carbocycles. The molecule has 96 valence electrons. The molecule has 1 atom stereocenters. The van der Waals surface area contributed by atoms with E-state index in [2.05, 4.69) is 16.3 Å². The maximum Gasteiger partial charge on any atom is 0.328 e. The third-order valence-corrected chi connectivity index (χ3v) is 4.23. The molecule has 0 unspecified atom stereocenters. The minimum absolute atomic E-state index is 0.696. The number of carboxylic acid groups (broad SMARTS) is 1. The number of nitrogens with one attached hydrogen (secondary N) is 1. The number of rotatable bonds is 2. The summed E-state index contributed by atoms with van der Waals surface area (Å²) in [7, 11) is 0. The molecule has 1 aliphatic heterocycles. The van der Waals surface area contributed by atoms with Gasteiger partial charge in [0.1, 0.15) is 5.54 Å². The van der Waals surface area contributed by atoms with Crippen LogP contribution in [0.3, 0.4) is 0 Å². The number of nitrogens with zero attached hydrogens (tertiary/aromatic N) is 1. The van der Waals surface area contributed by atoms with Crippen molar-refractivity contribution in [2.24, 2.45) is 0 Å². The molecule has 18 heavy (non-hydrogen) atoms. The predicted molar refractivity (Wildman–Crippen MR) is 68.5 cm³/mol. The zero-order valence-electron chi connectivity index (χ0n) is 10.4. The first-order valence-corrected chi connectivity index (χ1v) is 6.53. The van der Waals surface area contributed by atoms with E-state index in [4.69, 9.17) is 0 Å². The maximum absolute atomic E-state index is 11.9. The summed E-state index contributed by atoms with van der Waals surface area (Å²) >= 11 is 0. The van der Waals surface area contributed by atoms with Crippen LogP contribution in [0.25, 0.3) is 0 Å². The first-order chi connectivity index (χ1) is 8.75. The van der Waals surface area contributed by atoms with Crippen molar-refractivity contribution in [2.45, 2.75) is 18.4 Å². The summed E-state index contributed by atoms with van der Waals surface area (Å²) < 4.78 is 0. The lowest BCUT2D eigenvalue weighted by Gasteiger charge is -2.41. The van der Waals surface area contributed by atoms with E-state index in [0.29, 0.717) is 6.42 Å². The van der Waals surface area contributed by atoms with E-state index in [1.54, 1.807) is 0 Å². The van der Waals surface area contributed by atoms with Gasteiger partial charge in [0.05, 0.1) is 0 Å². The predicted octanol–water partition coefficient (Wildman–Crippen LogP) is 0.818. The highest BCUT2D eigenvalue weighted by molar-refractivity contribution is 5.82. The molecular weight excluding hydrogens is 228 g/mol. The second kappa shape index (κ2) is 4.37. The second-order valence-electron chi connectivity index (χ2n) is 5.06. The molecular formula is C14H18N2O2. The van der Waals surface area contributed by atoms with Crippen molar-refractivity contribution >= 4 is 5.97 Å². The van der Waals surface area contributed by atoms with E-state index in [9.17, 15) is 9.90 Å². The molecule has 2 N–H and O–H groups in total. The van der Waals surface area contributed by atoms with Crippen LogP contribution in [0.1, 0.15) is 17.5 Å². The van der Waals surface area contributed by atoms with Crippen LogP contribution in [0, 0.1) is 0 Å². The van der Waals surface area contributed by atoms with Gasteiger partial charge in [0.2, 0.25) is 0 Å². The highest BCUT2D eigenvalue weighted by Gasteiger charge is 2.50. The van der Waals surface area contributed by atoms with Crippen molar-refractivity contribution in [3.8, 4) is 0 Å². The zero-order valence-corrected chi connectivity index (χ0v) is 10.4. The minimum Gasteiger partial charge on any atom is -0.480 e. The number of piperazine rings is 1. The van der Waals surface area contributed by atoms with Crippen LogP contribution in [-0.4, -0.2) is 42.2 Å². The molecule has 0 amide bonds. The van der Waals surface area contributed by atoms with Crippen molar-refractivity contribution in [3.05, 3.63) is 35.4 Å². The molecule has 0 spiro atoms. The van der Waals surface area contributed by atoms with Gasteiger partial charge in [0.15, 0.2) is 0 Å². The number of aryl methyl sites for hydroxylation is 1. The molecule has 1 aromatic rings. The number of hydrogen-bond acceptors (Lipinski definition) is 3. The summed E-state index contributed by atoms with van der Waals surface area (Å²) in [4.78, 5) is 14.1. The van der Waals surface area contributed by atoms with Gasteiger partial charge in [0, 0.05) is 26.2 Å². The van der Waals surface area contributed by atoms with Gasteiger partial charge in [0.25, 0.3) is 0 Å². The van der Waals surface area contributed by atoms with E-state index >= 15 is 0 Å². The number of aliphatic carboxylic acids is 1. The monoisotopic (exact) mass is 246 g/mol. The van der Waals surface area contributed by atoms with Crippen molar-refractivity contribution < 1.29 is 9.90 Å². The van der Waals surface area contributed by atoms with Crippen LogP contribution in [0.4, 0.5) is 0 Å². The van der Waals surface area contributed by atoms with Crippen molar-refractivity contribution in [3.63, 3.8) is 0 Å².